The largest absolute Gasteiger partial charge is 2.00 e. The molecule has 1 radical (unpaired) electrons. The average Bonchev–Trinajstić information content (AvgIpc) is 3.54. The number of hydrogen-bond acceptors (Lipinski definition) is 10. The van der Waals surface area contributed by atoms with Gasteiger partial charge in [0.25, 0.3) is 0 Å². The molecule has 0 saturated carbocycles. The molecule has 0 bridgehead atoms. The van der Waals surface area contributed by atoms with Gasteiger partial charge in [0, 0.05) is 35.9 Å². The Kier molecular flexibility index (Phi) is 35.2. The third-order valence-corrected chi connectivity index (χ3v) is 4.65. The smallest absolute Gasteiger partial charge is 0.457 e. The fraction of sp³-hybridized carbons (Fsp3) is 0. The maximum absolute atomic E-state index is 8.25. The fourth-order valence-corrected chi connectivity index (χ4v) is 3.18. The van der Waals surface area contributed by atoms with Gasteiger partial charge in [-0.3, -0.25) is 9.97 Å². The third-order valence-electron chi connectivity index (χ3n) is 4.65. The third kappa shape index (κ3) is 18.6. The minimum Gasteiger partial charge on any atom is -0.457 e. The molecule has 0 unspecified atom stereocenters. The first-order valence-corrected chi connectivity index (χ1v) is 10.7. The minimum absolute atomic E-state index is 0. The summed E-state index contributed by atoms with van der Waals surface area (Å²) in [4.78, 5) is 40.1. The van der Waals surface area contributed by atoms with E-state index in [2.05, 4.69) is 29.9 Å². The first-order valence-electron chi connectivity index (χ1n) is 10.7. The van der Waals surface area contributed by atoms with Gasteiger partial charge in [-0.15, -0.1) is 0 Å². The molecule has 22 N–H and O–H groups in total. The van der Waals surface area contributed by atoms with E-state index in [0.29, 0.717) is 0 Å². The predicted octanol–water partition coefficient (Wildman–Crippen LogP) is -2.22. The van der Waals surface area contributed by atoms with Crippen molar-refractivity contribution >= 4 is 22.1 Å². The van der Waals surface area contributed by atoms with E-state index in [1.165, 1.54) is 0 Å². The molecule has 47 heavy (non-hydrogen) atoms. The first kappa shape index (κ1) is 57.0. The molecule has 23 heteroatoms. The number of pyridine rings is 2. The van der Waals surface area contributed by atoms with Crippen molar-refractivity contribution in [2.45, 2.75) is 0 Å². The quantitative estimate of drug-likeness (QED) is 0.110. The predicted molar refractivity (Wildman–Crippen MR) is 173 cm³/mol. The Morgan fingerprint density at radius 2 is 0.809 bits per heavy atom. The van der Waals surface area contributed by atoms with Crippen LogP contribution >= 0.6 is 0 Å². The van der Waals surface area contributed by atoms with E-state index in [0.717, 1.165) is 44.8 Å². The molecular formula is C24H38CoN8O14+4. The molecule has 263 valence electrons. The van der Waals surface area contributed by atoms with E-state index < -0.39 is 10.2 Å². The number of para-hydroxylation sites is 4. The Morgan fingerprint density at radius 1 is 0.511 bits per heavy atom. The monoisotopic (exact) mass is 721 g/mol. The van der Waals surface area contributed by atoms with Crippen molar-refractivity contribution in [1.29, 1.82) is 0 Å². The molecule has 0 spiro atoms. The molecule has 22 nitrogen and oxygen atoms in total. The van der Waals surface area contributed by atoms with Gasteiger partial charge in [0.2, 0.25) is 0 Å². The molecule has 0 amide bonds. The molecule has 4 heterocycles. The molecule has 6 rings (SSSR count). The number of H-pyrrole nitrogens is 2. The number of aromatic nitrogens is 6. The molecule has 2 aromatic carbocycles. The summed E-state index contributed by atoms with van der Waals surface area (Å²) >= 11 is 0. The summed E-state index contributed by atoms with van der Waals surface area (Å²) in [7, 11) is 0. The van der Waals surface area contributed by atoms with Gasteiger partial charge in [-0.25, -0.2) is 9.97 Å². The van der Waals surface area contributed by atoms with Gasteiger partial charge >= 0.3 is 16.8 Å². The van der Waals surface area contributed by atoms with Crippen molar-refractivity contribution in [1.82, 2.24) is 29.9 Å². The second-order valence-electron chi connectivity index (χ2n) is 7.14. The Labute approximate surface area is 273 Å². The van der Waals surface area contributed by atoms with Crippen LogP contribution in [-0.4, -0.2) is 62.0 Å². The molecule has 4 aromatic heterocycles. The number of aromatic amines is 2. The van der Waals surface area contributed by atoms with Crippen LogP contribution in [0.25, 0.3) is 44.8 Å². The fourth-order valence-electron chi connectivity index (χ4n) is 3.18. The molecule has 0 saturated heterocycles. The van der Waals surface area contributed by atoms with Crippen molar-refractivity contribution in [3.8, 4) is 22.8 Å². The van der Waals surface area contributed by atoms with E-state index in [1.54, 1.807) is 24.8 Å². The van der Waals surface area contributed by atoms with Crippen LogP contribution in [-0.2, 0) is 38.7 Å². The number of fused-ring (bicyclic) bond motifs is 2. The summed E-state index contributed by atoms with van der Waals surface area (Å²) < 4.78 is 0. The Balaban J connectivity index is -0.0000000962. The number of imidazole rings is 2. The van der Waals surface area contributed by atoms with E-state index in [9.17, 15) is 0 Å². The second kappa shape index (κ2) is 29.0. The van der Waals surface area contributed by atoms with Crippen LogP contribution < -0.4 is 0 Å². The van der Waals surface area contributed by atoms with Crippen LogP contribution in [0.15, 0.2) is 97.6 Å². The summed E-state index contributed by atoms with van der Waals surface area (Å²) in [5.41, 5.74) is 6.09. The van der Waals surface area contributed by atoms with Crippen LogP contribution in [0.5, 0.6) is 0 Å². The SMILES string of the molecule is O.O.O.O.O=[N+]([O-])[O-].O=[N+]([O-])[O-].[Co+2].[OH3+].[OH3+].[OH3+].[OH3+].c1cncc(-c2nc3ccccc3[nH]2)c1.c1cncc(-c2nc3ccccc3[nH]2)c1. The summed E-state index contributed by atoms with van der Waals surface area (Å²) in [5, 5.41) is 29.5. The van der Waals surface area contributed by atoms with Gasteiger partial charge in [-0.05, 0) is 48.5 Å². The van der Waals surface area contributed by atoms with Crippen LogP contribution in [0, 0.1) is 30.6 Å². The standard InChI is InChI=1S/2C12H9N3.Co.2NO3.8H2O/c2*1-2-6-11-10(5-1)14-12(15-11)9-4-3-7-13-8-9;;2*2-1(3)4;;;;;;;;/h2*1-8H,(H,14,15);;;;8*1H2/q;;+2;2*-1;;;;;;;;/p+4. The van der Waals surface area contributed by atoms with E-state index in [-0.39, 0.29) is 60.6 Å². The van der Waals surface area contributed by atoms with Crippen LogP contribution in [0.3, 0.4) is 0 Å². The van der Waals surface area contributed by atoms with Gasteiger partial charge in [0.1, 0.15) is 11.6 Å². The maximum atomic E-state index is 8.25. The van der Waals surface area contributed by atoms with Crippen molar-refractivity contribution in [3.63, 3.8) is 0 Å². The maximum Gasteiger partial charge on any atom is 2.00 e. The van der Waals surface area contributed by atoms with Gasteiger partial charge in [-0.2, -0.15) is 0 Å². The number of benzene rings is 2. The zero-order chi connectivity index (χ0) is 27.3. The summed E-state index contributed by atoms with van der Waals surface area (Å²) in [6.45, 7) is 0. The normalized spacial score (nSPS) is 7.83. The van der Waals surface area contributed by atoms with Crippen molar-refractivity contribution in [3.05, 3.63) is 128 Å². The molecule has 0 aliphatic heterocycles. The van der Waals surface area contributed by atoms with Crippen LogP contribution in [0.1, 0.15) is 0 Å². The van der Waals surface area contributed by atoms with E-state index in [4.69, 9.17) is 30.6 Å². The van der Waals surface area contributed by atoms with Gasteiger partial charge < -0.3 is 84.4 Å². The number of hydrogen-bond donors (Lipinski definition) is 2. The molecule has 0 aliphatic rings. The Bertz CT molecular complexity index is 1430. The second-order valence-corrected chi connectivity index (χ2v) is 7.14. The first-order chi connectivity index (χ1) is 18.3. The topological polar surface area (TPSA) is 474 Å². The number of nitrogens with one attached hydrogen (secondary N) is 2. The molecular weight excluding hydrogens is 683 g/mol. The Morgan fingerprint density at radius 3 is 1.06 bits per heavy atom. The molecule has 0 fully saturated rings. The zero-order valence-corrected chi connectivity index (χ0v) is 25.1. The van der Waals surface area contributed by atoms with E-state index in [1.807, 2.05) is 72.8 Å². The van der Waals surface area contributed by atoms with Gasteiger partial charge in [-0.1, -0.05) is 24.3 Å². The summed E-state index contributed by atoms with van der Waals surface area (Å²) in [5.74, 6) is 1.73. The number of nitrogens with zero attached hydrogens (tertiary/aromatic N) is 6. The average molecular weight is 722 g/mol. The molecule has 6 aromatic rings. The summed E-state index contributed by atoms with van der Waals surface area (Å²) in [6.07, 6.45) is 7.12. The molecule has 0 aliphatic carbocycles. The van der Waals surface area contributed by atoms with Crippen molar-refractivity contribution < 1.29 is 70.8 Å². The van der Waals surface area contributed by atoms with Gasteiger partial charge in [0.15, 0.2) is 0 Å². The van der Waals surface area contributed by atoms with Crippen molar-refractivity contribution in [2.75, 3.05) is 0 Å². The zero-order valence-electron chi connectivity index (χ0n) is 24.0. The van der Waals surface area contributed by atoms with Crippen molar-refractivity contribution in [2.24, 2.45) is 0 Å². The van der Waals surface area contributed by atoms with Crippen LogP contribution in [0.4, 0.5) is 0 Å². The minimum atomic E-state index is -1.75. The van der Waals surface area contributed by atoms with E-state index >= 15 is 0 Å². The summed E-state index contributed by atoms with van der Waals surface area (Å²) in [6, 6.07) is 23.8. The van der Waals surface area contributed by atoms with Crippen LogP contribution in [0.2, 0.25) is 0 Å². The number of rotatable bonds is 2. The molecule has 0 atom stereocenters. The van der Waals surface area contributed by atoms with Gasteiger partial charge in [0.05, 0.1) is 32.2 Å². The Hall–Kier alpha value is -5.73.